The molecule has 2 rings (SSSR count). The lowest BCUT2D eigenvalue weighted by Gasteiger charge is -2.22. The molecule has 1 aromatic rings. The van der Waals surface area contributed by atoms with Crippen LogP contribution in [0.2, 0.25) is 0 Å². The SMILES string of the molecule is CN(C(=O)COC(=O)/C=C\c1ccc(OC(F)F)cc1)[C@H]1CCS(=O)(=O)C1. The molecule has 27 heavy (non-hydrogen) atoms. The maximum atomic E-state index is 12.1. The van der Waals surface area contributed by atoms with Crippen molar-refractivity contribution in [3.63, 3.8) is 0 Å². The van der Waals surface area contributed by atoms with Gasteiger partial charge in [0.2, 0.25) is 0 Å². The molecule has 1 saturated heterocycles. The highest BCUT2D eigenvalue weighted by Gasteiger charge is 2.32. The lowest BCUT2D eigenvalue weighted by Crippen LogP contribution is -2.40. The first kappa shape index (κ1) is 20.8. The number of sulfone groups is 1. The molecule has 1 aromatic carbocycles. The minimum atomic E-state index is -3.12. The van der Waals surface area contributed by atoms with Gasteiger partial charge in [-0.05, 0) is 30.2 Å². The summed E-state index contributed by atoms with van der Waals surface area (Å²) in [7, 11) is -1.65. The van der Waals surface area contributed by atoms with E-state index in [0.717, 1.165) is 6.08 Å². The number of likely N-dealkylation sites (N-methyl/N-ethyl adjacent to an activating group) is 1. The Kier molecular flexibility index (Phi) is 6.89. The number of hydrogen-bond donors (Lipinski definition) is 0. The summed E-state index contributed by atoms with van der Waals surface area (Å²) in [6.45, 7) is -3.42. The molecule has 148 valence electrons. The van der Waals surface area contributed by atoms with Gasteiger partial charge in [0, 0.05) is 19.2 Å². The fourth-order valence-electron chi connectivity index (χ4n) is 2.49. The number of nitrogens with zero attached hydrogens (tertiary/aromatic N) is 1. The average Bonchev–Trinajstić information content (AvgIpc) is 2.97. The summed E-state index contributed by atoms with van der Waals surface area (Å²) in [5.41, 5.74) is 0.549. The van der Waals surface area contributed by atoms with Gasteiger partial charge in [0.1, 0.15) is 5.75 Å². The number of rotatable bonds is 7. The Hall–Kier alpha value is -2.49. The average molecular weight is 403 g/mol. The normalized spacial score (nSPS) is 18.6. The highest BCUT2D eigenvalue weighted by atomic mass is 32.2. The van der Waals surface area contributed by atoms with Crippen molar-refractivity contribution in [2.75, 3.05) is 25.2 Å². The third kappa shape index (κ3) is 6.63. The van der Waals surface area contributed by atoms with E-state index in [9.17, 15) is 26.8 Å². The van der Waals surface area contributed by atoms with Crippen LogP contribution in [0.1, 0.15) is 12.0 Å². The second-order valence-electron chi connectivity index (χ2n) is 5.95. The lowest BCUT2D eigenvalue weighted by molar-refractivity contribution is -0.148. The molecule has 1 aliphatic rings. The van der Waals surface area contributed by atoms with E-state index in [1.54, 1.807) is 0 Å². The van der Waals surface area contributed by atoms with Gasteiger partial charge < -0.3 is 14.4 Å². The van der Waals surface area contributed by atoms with E-state index in [4.69, 9.17) is 4.74 Å². The molecule has 0 aromatic heterocycles. The third-order valence-corrected chi connectivity index (χ3v) is 5.75. The number of amides is 1. The number of carbonyl (C=O) groups excluding carboxylic acids is 2. The first-order valence-corrected chi connectivity index (χ1v) is 9.84. The van der Waals surface area contributed by atoms with Crippen LogP contribution in [-0.4, -0.2) is 63.0 Å². The van der Waals surface area contributed by atoms with E-state index in [1.807, 2.05) is 0 Å². The zero-order valence-electron chi connectivity index (χ0n) is 14.5. The smallest absolute Gasteiger partial charge is 0.387 e. The van der Waals surface area contributed by atoms with Crippen molar-refractivity contribution in [1.82, 2.24) is 4.90 Å². The quantitative estimate of drug-likeness (QED) is 0.506. The number of esters is 1. The Morgan fingerprint density at radius 2 is 1.96 bits per heavy atom. The molecule has 7 nitrogen and oxygen atoms in total. The standard InChI is InChI=1S/C17H19F2NO6S/c1-20(13-8-9-27(23,24)11-13)15(21)10-25-16(22)7-4-12-2-5-14(6-3-12)26-17(18)19/h2-7,13,17H,8-11H2,1H3/b7-4-/t13-/m0/s1. The van der Waals surface area contributed by atoms with E-state index < -0.39 is 41.0 Å². The molecule has 0 N–H and O–H groups in total. The highest BCUT2D eigenvalue weighted by Crippen LogP contribution is 2.17. The summed E-state index contributed by atoms with van der Waals surface area (Å²) in [5.74, 6) is -1.31. The molecule has 0 unspecified atom stereocenters. The van der Waals surface area contributed by atoms with Crippen LogP contribution in [0.25, 0.3) is 6.08 Å². The van der Waals surface area contributed by atoms with Gasteiger partial charge in [-0.25, -0.2) is 13.2 Å². The van der Waals surface area contributed by atoms with E-state index in [0.29, 0.717) is 12.0 Å². The Bertz CT molecular complexity index is 807. The van der Waals surface area contributed by atoms with Crippen molar-refractivity contribution in [1.29, 1.82) is 0 Å². The molecule has 0 bridgehead atoms. The van der Waals surface area contributed by atoms with Crippen molar-refractivity contribution >= 4 is 27.8 Å². The molecule has 0 spiro atoms. The molecule has 1 atom stereocenters. The summed E-state index contributed by atoms with van der Waals surface area (Å²) in [6, 6.07) is 5.18. The number of ether oxygens (including phenoxy) is 2. The summed E-state index contributed by atoms with van der Waals surface area (Å²) in [5, 5.41) is 0. The van der Waals surface area contributed by atoms with Crippen LogP contribution in [0.3, 0.4) is 0 Å². The second kappa shape index (κ2) is 8.94. The predicted octanol–water partition coefficient (Wildman–Crippen LogP) is 1.49. The molecule has 0 saturated carbocycles. The molecule has 1 heterocycles. The van der Waals surface area contributed by atoms with Gasteiger partial charge in [0.05, 0.1) is 11.5 Å². The van der Waals surface area contributed by atoms with Crippen LogP contribution in [0.5, 0.6) is 5.75 Å². The number of alkyl halides is 2. The highest BCUT2D eigenvalue weighted by molar-refractivity contribution is 7.91. The monoisotopic (exact) mass is 403 g/mol. The zero-order chi connectivity index (χ0) is 20.0. The van der Waals surface area contributed by atoms with Crippen molar-refractivity contribution in [3.05, 3.63) is 35.9 Å². The Balaban J connectivity index is 1.79. The topological polar surface area (TPSA) is 90.0 Å². The first-order chi connectivity index (χ1) is 12.7. The molecule has 10 heteroatoms. The van der Waals surface area contributed by atoms with Crippen molar-refractivity contribution in [2.45, 2.75) is 19.1 Å². The van der Waals surface area contributed by atoms with Gasteiger partial charge in [-0.2, -0.15) is 8.78 Å². The number of carbonyl (C=O) groups is 2. The van der Waals surface area contributed by atoms with Crippen molar-refractivity contribution in [3.8, 4) is 5.75 Å². The molecular weight excluding hydrogens is 384 g/mol. The fraction of sp³-hybridized carbons (Fsp3) is 0.412. The van der Waals surface area contributed by atoms with Gasteiger partial charge in [-0.1, -0.05) is 12.1 Å². The Labute approximate surface area is 155 Å². The van der Waals surface area contributed by atoms with Gasteiger partial charge in [-0.15, -0.1) is 0 Å². The molecule has 0 aliphatic carbocycles. The van der Waals surface area contributed by atoms with Crippen LogP contribution in [-0.2, 0) is 24.2 Å². The van der Waals surface area contributed by atoms with Crippen LogP contribution in [0.15, 0.2) is 30.3 Å². The number of halogens is 2. The Morgan fingerprint density at radius 3 is 2.52 bits per heavy atom. The van der Waals surface area contributed by atoms with E-state index in [2.05, 4.69) is 4.74 Å². The molecule has 1 aliphatic heterocycles. The van der Waals surface area contributed by atoms with Crippen LogP contribution in [0.4, 0.5) is 8.78 Å². The van der Waals surface area contributed by atoms with Crippen LogP contribution in [0, 0.1) is 0 Å². The minimum Gasteiger partial charge on any atom is -0.452 e. The van der Waals surface area contributed by atoms with Gasteiger partial charge in [0.25, 0.3) is 5.91 Å². The maximum Gasteiger partial charge on any atom is 0.387 e. The number of benzene rings is 1. The van der Waals surface area contributed by atoms with E-state index in [-0.39, 0.29) is 17.3 Å². The summed E-state index contributed by atoms with van der Waals surface area (Å²) < 4.78 is 56.1. The third-order valence-electron chi connectivity index (χ3n) is 4.00. The lowest BCUT2D eigenvalue weighted by atomic mass is 10.2. The van der Waals surface area contributed by atoms with Crippen LogP contribution >= 0.6 is 0 Å². The molecule has 1 fully saturated rings. The largest absolute Gasteiger partial charge is 0.452 e. The minimum absolute atomic E-state index is 0.00714. The maximum absolute atomic E-state index is 12.1. The van der Waals surface area contributed by atoms with E-state index in [1.165, 1.54) is 42.3 Å². The molecule has 0 radical (unpaired) electrons. The van der Waals surface area contributed by atoms with Crippen LogP contribution < -0.4 is 4.74 Å². The molecular formula is C17H19F2NO6S. The predicted molar refractivity (Wildman–Crippen MR) is 92.9 cm³/mol. The van der Waals surface area contributed by atoms with E-state index >= 15 is 0 Å². The summed E-state index contributed by atoms with van der Waals surface area (Å²) in [4.78, 5) is 25.0. The fourth-order valence-corrected chi connectivity index (χ4v) is 4.27. The van der Waals surface area contributed by atoms with Gasteiger partial charge in [0.15, 0.2) is 16.4 Å². The molecule has 1 amide bonds. The zero-order valence-corrected chi connectivity index (χ0v) is 15.3. The first-order valence-electron chi connectivity index (χ1n) is 8.02. The summed E-state index contributed by atoms with van der Waals surface area (Å²) >= 11 is 0. The second-order valence-corrected chi connectivity index (χ2v) is 8.18. The Morgan fingerprint density at radius 1 is 1.30 bits per heavy atom. The van der Waals surface area contributed by atoms with Gasteiger partial charge >= 0.3 is 12.6 Å². The van der Waals surface area contributed by atoms with Crippen molar-refractivity contribution < 1.29 is 36.3 Å². The summed E-state index contributed by atoms with van der Waals surface area (Å²) in [6.07, 6.45) is 2.85. The van der Waals surface area contributed by atoms with Gasteiger partial charge in [-0.3, -0.25) is 4.79 Å². The number of hydrogen-bond acceptors (Lipinski definition) is 6. The van der Waals surface area contributed by atoms with Crippen molar-refractivity contribution in [2.24, 2.45) is 0 Å².